The zero-order chi connectivity index (χ0) is 13.8. The van der Waals surface area contributed by atoms with Crippen molar-refractivity contribution >= 4 is 11.6 Å². The molecule has 1 aromatic carbocycles. The molecule has 1 aromatic rings. The van der Waals surface area contributed by atoms with Gasteiger partial charge in [0.25, 0.3) is 0 Å². The molecule has 106 valence electrons. The minimum atomic E-state index is 0.335. The Morgan fingerprint density at radius 3 is 2.95 bits per heavy atom. The molecule has 0 saturated carbocycles. The Morgan fingerprint density at radius 1 is 1.47 bits per heavy atom. The lowest BCUT2D eigenvalue weighted by Crippen LogP contribution is -2.45. The largest absolute Gasteiger partial charge is 0.492 e. The molecule has 0 spiro atoms. The van der Waals surface area contributed by atoms with Crippen LogP contribution in [0.25, 0.3) is 0 Å². The van der Waals surface area contributed by atoms with Crippen LogP contribution in [0.15, 0.2) is 18.2 Å². The van der Waals surface area contributed by atoms with Gasteiger partial charge in [-0.1, -0.05) is 30.7 Å². The summed E-state index contributed by atoms with van der Waals surface area (Å²) in [6.45, 7) is 7.81. The number of ether oxygens (including phenoxy) is 1. The van der Waals surface area contributed by atoms with E-state index in [0.717, 1.165) is 37.4 Å². The van der Waals surface area contributed by atoms with E-state index in [4.69, 9.17) is 22.1 Å². The normalized spacial score (nSPS) is 24.4. The first-order chi connectivity index (χ1) is 9.11. The molecule has 2 atom stereocenters. The third kappa shape index (κ3) is 3.62. The van der Waals surface area contributed by atoms with Gasteiger partial charge in [-0.3, -0.25) is 4.90 Å². The molecule has 1 aliphatic rings. The number of nitrogens with zero attached hydrogens (tertiary/aromatic N) is 1. The van der Waals surface area contributed by atoms with Gasteiger partial charge in [-0.15, -0.1) is 0 Å². The highest BCUT2D eigenvalue weighted by Gasteiger charge is 2.23. The zero-order valence-electron chi connectivity index (χ0n) is 11.7. The van der Waals surface area contributed by atoms with Gasteiger partial charge >= 0.3 is 0 Å². The zero-order valence-corrected chi connectivity index (χ0v) is 12.5. The average molecular weight is 283 g/mol. The van der Waals surface area contributed by atoms with E-state index >= 15 is 0 Å². The Bertz CT molecular complexity index is 425. The van der Waals surface area contributed by atoms with Crippen LogP contribution in [-0.2, 0) is 6.54 Å². The minimum absolute atomic E-state index is 0.335. The number of halogens is 1. The van der Waals surface area contributed by atoms with E-state index in [-0.39, 0.29) is 0 Å². The summed E-state index contributed by atoms with van der Waals surface area (Å²) in [7, 11) is 0. The monoisotopic (exact) mass is 282 g/mol. The fraction of sp³-hybridized carbons (Fsp3) is 0.600. The smallest absolute Gasteiger partial charge is 0.142 e. The maximum absolute atomic E-state index is 6.21. The van der Waals surface area contributed by atoms with Crippen molar-refractivity contribution in [1.29, 1.82) is 0 Å². The standard InChI is InChI=1S/C15H23ClN2O/c1-3-19-15-12(5-4-6-13(15)16)10-18-8-7-14(17)11(2)9-18/h4-6,11,14H,3,7-10,17H2,1-2H3. The fourth-order valence-corrected chi connectivity index (χ4v) is 2.87. The number of likely N-dealkylation sites (tertiary alicyclic amines) is 1. The van der Waals surface area contributed by atoms with Crippen molar-refractivity contribution in [3.8, 4) is 5.75 Å². The Hall–Kier alpha value is -0.770. The lowest BCUT2D eigenvalue weighted by Gasteiger charge is -2.35. The number of rotatable bonds is 4. The average Bonchev–Trinajstić information content (AvgIpc) is 2.38. The van der Waals surface area contributed by atoms with E-state index in [9.17, 15) is 0 Å². The summed E-state index contributed by atoms with van der Waals surface area (Å²) in [5, 5.41) is 0.695. The van der Waals surface area contributed by atoms with Gasteiger partial charge in [-0.2, -0.15) is 0 Å². The van der Waals surface area contributed by atoms with E-state index < -0.39 is 0 Å². The van der Waals surface area contributed by atoms with Gasteiger partial charge in [0.15, 0.2) is 0 Å². The van der Waals surface area contributed by atoms with Crippen LogP contribution in [0.1, 0.15) is 25.8 Å². The fourth-order valence-electron chi connectivity index (χ4n) is 2.62. The number of hydrogen-bond acceptors (Lipinski definition) is 3. The van der Waals surface area contributed by atoms with Gasteiger partial charge in [-0.25, -0.2) is 0 Å². The second kappa shape index (κ2) is 6.60. The molecule has 1 fully saturated rings. The van der Waals surface area contributed by atoms with E-state index in [0.29, 0.717) is 23.6 Å². The van der Waals surface area contributed by atoms with Crippen LogP contribution >= 0.6 is 11.6 Å². The van der Waals surface area contributed by atoms with Gasteiger partial charge < -0.3 is 10.5 Å². The molecule has 19 heavy (non-hydrogen) atoms. The minimum Gasteiger partial charge on any atom is -0.492 e. The van der Waals surface area contributed by atoms with E-state index in [1.54, 1.807) is 0 Å². The lowest BCUT2D eigenvalue weighted by molar-refractivity contribution is 0.156. The highest BCUT2D eigenvalue weighted by molar-refractivity contribution is 6.32. The summed E-state index contributed by atoms with van der Waals surface area (Å²) in [5.41, 5.74) is 7.23. The third-order valence-electron chi connectivity index (χ3n) is 3.79. The Morgan fingerprint density at radius 2 is 2.26 bits per heavy atom. The van der Waals surface area contributed by atoms with Crippen LogP contribution in [-0.4, -0.2) is 30.6 Å². The van der Waals surface area contributed by atoms with Crippen LogP contribution in [0.2, 0.25) is 5.02 Å². The molecular formula is C15H23ClN2O. The predicted molar refractivity (Wildman–Crippen MR) is 79.7 cm³/mol. The van der Waals surface area contributed by atoms with Crippen molar-refractivity contribution in [1.82, 2.24) is 4.90 Å². The van der Waals surface area contributed by atoms with Gasteiger partial charge in [0.1, 0.15) is 5.75 Å². The lowest BCUT2D eigenvalue weighted by atomic mass is 9.94. The number of hydrogen-bond donors (Lipinski definition) is 1. The topological polar surface area (TPSA) is 38.5 Å². The summed E-state index contributed by atoms with van der Waals surface area (Å²) in [5.74, 6) is 1.37. The highest BCUT2D eigenvalue weighted by Crippen LogP contribution is 2.30. The number of nitrogens with two attached hydrogens (primary N) is 1. The quantitative estimate of drug-likeness (QED) is 0.923. The molecule has 4 heteroatoms. The van der Waals surface area contributed by atoms with Crippen molar-refractivity contribution in [2.45, 2.75) is 32.9 Å². The number of para-hydroxylation sites is 1. The van der Waals surface area contributed by atoms with Crippen LogP contribution in [0.5, 0.6) is 5.75 Å². The molecule has 3 nitrogen and oxygen atoms in total. The molecule has 2 rings (SSSR count). The summed E-state index contributed by atoms with van der Waals surface area (Å²) in [6, 6.07) is 6.29. The molecule has 0 radical (unpaired) electrons. The molecule has 0 amide bonds. The molecule has 1 heterocycles. The van der Waals surface area contributed by atoms with Crippen molar-refractivity contribution in [3.63, 3.8) is 0 Å². The summed E-state index contributed by atoms with van der Waals surface area (Å²) < 4.78 is 5.67. The third-order valence-corrected chi connectivity index (χ3v) is 4.08. The first kappa shape index (κ1) is 14.6. The Balaban J connectivity index is 2.08. The molecule has 0 bridgehead atoms. The van der Waals surface area contributed by atoms with Gasteiger partial charge in [-0.05, 0) is 31.9 Å². The van der Waals surface area contributed by atoms with Crippen molar-refractivity contribution in [3.05, 3.63) is 28.8 Å². The van der Waals surface area contributed by atoms with Gasteiger partial charge in [0.2, 0.25) is 0 Å². The van der Waals surface area contributed by atoms with E-state index in [2.05, 4.69) is 17.9 Å². The van der Waals surface area contributed by atoms with Gasteiger partial charge in [0, 0.05) is 24.7 Å². The first-order valence-corrected chi connectivity index (χ1v) is 7.37. The van der Waals surface area contributed by atoms with Crippen LogP contribution in [0.4, 0.5) is 0 Å². The summed E-state index contributed by atoms with van der Waals surface area (Å²) in [4.78, 5) is 2.43. The molecule has 1 saturated heterocycles. The number of benzene rings is 1. The second-order valence-corrected chi connectivity index (χ2v) is 5.73. The molecule has 2 N–H and O–H groups in total. The summed E-state index contributed by atoms with van der Waals surface area (Å²) >= 11 is 6.21. The number of piperidine rings is 1. The highest BCUT2D eigenvalue weighted by atomic mass is 35.5. The first-order valence-electron chi connectivity index (χ1n) is 7.00. The second-order valence-electron chi connectivity index (χ2n) is 5.33. The van der Waals surface area contributed by atoms with Crippen molar-refractivity contribution in [2.24, 2.45) is 11.7 Å². The molecule has 2 unspecified atom stereocenters. The SMILES string of the molecule is CCOc1c(Cl)cccc1CN1CCC(N)C(C)C1. The Labute approximate surface area is 120 Å². The molecule has 0 aromatic heterocycles. The van der Waals surface area contributed by atoms with E-state index in [1.807, 2.05) is 19.1 Å². The predicted octanol–water partition coefficient (Wildman–Crippen LogP) is 2.91. The Kier molecular flexibility index (Phi) is 5.08. The molecule has 0 aliphatic carbocycles. The summed E-state index contributed by atoms with van der Waals surface area (Å²) in [6.07, 6.45) is 1.06. The van der Waals surface area contributed by atoms with Gasteiger partial charge in [0.05, 0.1) is 11.6 Å². The van der Waals surface area contributed by atoms with Crippen LogP contribution < -0.4 is 10.5 Å². The maximum Gasteiger partial charge on any atom is 0.142 e. The van der Waals surface area contributed by atoms with Crippen LogP contribution in [0.3, 0.4) is 0 Å². The van der Waals surface area contributed by atoms with Crippen molar-refractivity contribution < 1.29 is 4.74 Å². The van der Waals surface area contributed by atoms with Crippen LogP contribution in [0, 0.1) is 5.92 Å². The molecule has 1 aliphatic heterocycles. The van der Waals surface area contributed by atoms with E-state index in [1.165, 1.54) is 0 Å². The maximum atomic E-state index is 6.21. The molecular weight excluding hydrogens is 260 g/mol. The van der Waals surface area contributed by atoms with Crippen molar-refractivity contribution in [2.75, 3.05) is 19.7 Å².